The molecule has 0 atom stereocenters. The summed E-state index contributed by atoms with van der Waals surface area (Å²) in [4.78, 5) is 27.9. The highest BCUT2D eigenvalue weighted by molar-refractivity contribution is 6.77. The molecule has 4 aromatic rings. The minimum atomic E-state index is -1.03. The number of likely N-dealkylation sites (tertiary alicyclic amines) is 2. The van der Waals surface area contributed by atoms with Gasteiger partial charge in [-0.15, -0.1) is 0 Å². The van der Waals surface area contributed by atoms with E-state index in [9.17, 15) is 14.7 Å². The first-order chi connectivity index (χ1) is 30.6. The lowest BCUT2D eigenvalue weighted by Crippen LogP contribution is -2.36. The molecule has 4 aromatic carbocycles. The zero-order chi connectivity index (χ0) is 45.4. The first-order valence-electron chi connectivity index (χ1n) is 24.8. The second-order valence-corrected chi connectivity index (χ2v) is 32.9. The number of carbonyl (C=O) groups is 2. The Balaban J connectivity index is 0.000000192. The molecule has 4 fully saturated rings. The fraction of sp³-hybridized carbons (Fsp3) is 0.593. The Morgan fingerprint density at radius 2 is 0.906 bits per heavy atom. The van der Waals surface area contributed by atoms with Gasteiger partial charge in [-0.1, -0.05) is 75.7 Å². The number of hydrogen-bond acceptors (Lipinski definition) is 7. The second-order valence-electron chi connectivity index (χ2n) is 21.8. The van der Waals surface area contributed by atoms with Gasteiger partial charge in [0, 0.05) is 29.2 Å². The van der Waals surface area contributed by atoms with E-state index in [1.807, 2.05) is 6.92 Å². The van der Waals surface area contributed by atoms with Crippen molar-refractivity contribution in [1.82, 2.24) is 9.80 Å². The van der Waals surface area contributed by atoms with E-state index in [2.05, 4.69) is 122 Å². The predicted molar refractivity (Wildman–Crippen MR) is 268 cm³/mol. The summed E-state index contributed by atoms with van der Waals surface area (Å²) in [5.74, 6) is 1.23. The lowest BCUT2D eigenvalue weighted by atomic mass is 9.96. The van der Waals surface area contributed by atoms with Crippen LogP contribution in [-0.2, 0) is 27.4 Å². The van der Waals surface area contributed by atoms with Crippen molar-refractivity contribution in [3.8, 4) is 11.5 Å². The standard InChI is InChI=1S/C28H41NO3Si.C26H37NO3Si/c1-5-31-28(30)22-14-16-29(17-15-22)20-21-6-7-24-19-26(9-8-23(24)18-21)32-25-10-12-27(13-11-25)33(2,3)4;1-31(2,3)25-10-8-23(9-11-25)30-24-7-6-21-16-19(4-5-22(21)17-24)18-27-14-12-20(13-15-27)26(28)29/h6-9,18-19,22,25,27H,5,10-17,20H2,1-4H3;4-7,16-17,20,23,25H,8-15,18H2,1-3H3,(H,28,29). The van der Waals surface area contributed by atoms with Gasteiger partial charge >= 0.3 is 11.9 Å². The Morgan fingerprint density at radius 1 is 0.531 bits per heavy atom. The van der Waals surface area contributed by atoms with Gasteiger partial charge in [-0.25, -0.2) is 0 Å². The van der Waals surface area contributed by atoms with Gasteiger partial charge in [0.25, 0.3) is 0 Å². The highest BCUT2D eigenvalue weighted by Gasteiger charge is 2.33. The summed E-state index contributed by atoms with van der Waals surface area (Å²) in [6.07, 6.45) is 14.1. The number of ether oxygens (including phenoxy) is 3. The fourth-order valence-corrected chi connectivity index (χ4v) is 14.9. The molecule has 348 valence electrons. The molecule has 2 aliphatic heterocycles. The van der Waals surface area contributed by atoms with Crippen molar-refractivity contribution >= 4 is 49.6 Å². The van der Waals surface area contributed by atoms with Crippen LogP contribution in [0.15, 0.2) is 72.8 Å². The minimum absolute atomic E-state index is 0.0232. The van der Waals surface area contributed by atoms with Crippen LogP contribution in [0.5, 0.6) is 11.5 Å². The van der Waals surface area contributed by atoms with E-state index in [1.54, 1.807) is 0 Å². The Hall–Kier alpha value is -3.71. The lowest BCUT2D eigenvalue weighted by Gasteiger charge is -2.35. The topological polar surface area (TPSA) is 88.5 Å². The maximum Gasteiger partial charge on any atom is 0.309 e. The summed E-state index contributed by atoms with van der Waals surface area (Å²) < 4.78 is 17.9. The van der Waals surface area contributed by atoms with Crippen LogP contribution in [0.3, 0.4) is 0 Å². The van der Waals surface area contributed by atoms with Gasteiger partial charge in [0.2, 0.25) is 0 Å². The number of piperidine rings is 2. The highest BCUT2D eigenvalue weighted by atomic mass is 28.3. The number of fused-ring (bicyclic) bond motifs is 2. The van der Waals surface area contributed by atoms with Gasteiger partial charge in [-0.05, 0) is 190 Å². The molecule has 2 heterocycles. The molecular formula is C54H78N2O6Si2. The second kappa shape index (κ2) is 21.7. The molecular weight excluding hydrogens is 829 g/mol. The van der Waals surface area contributed by atoms with Crippen molar-refractivity contribution in [3.05, 3.63) is 83.9 Å². The molecule has 2 saturated carbocycles. The van der Waals surface area contributed by atoms with Gasteiger partial charge < -0.3 is 19.3 Å². The van der Waals surface area contributed by atoms with E-state index in [1.165, 1.54) is 84.0 Å². The maximum absolute atomic E-state index is 12.0. The third-order valence-electron chi connectivity index (χ3n) is 15.1. The van der Waals surface area contributed by atoms with E-state index in [0.29, 0.717) is 18.8 Å². The van der Waals surface area contributed by atoms with Gasteiger partial charge in [0.05, 0.1) is 30.7 Å². The predicted octanol–water partition coefficient (Wildman–Crippen LogP) is 12.8. The number of nitrogens with zero attached hydrogens (tertiary/aromatic N) is 2. The summed E-state index contributed by atoms with van der Waals surface area (Å²) in [5, 5.41) is 14.2. The van der Waals surface area contributed by atoms with E-state index >= 15 is 0 Å². The number of esters is 1. The third kappa shape index (κ3) is 13.4. The Bertz CT molecular complexity index is 2150. The molecule has 10 heteroatoms. The Kier molecular flexibility index (Phi) is 16.4. The zero-order valence-electron chi connectivity index (χ0n) is 40.2. The number of carbonyl (C=O) groups excluding carboxylic acids is 1. The first kappa shape index (κ1) is 48.2. The molecule has 4 aliphatic rings. The molecule has 2 aliphatic carbocycles. The molecule has 0 amide bonds. The minimum Gasteiger partial charge on any atom is -0.490 e. The summed E-state index contributed by atoms with van der Waals surface area (Å²) in [5.41, 5.74) is 4.51. The number of aliphatic carboxylic acids is 1. The third-order valence-corrected chi connectivity index (χ3v) is 21.2. The van der Waals surface area contributed by atoms with E-state index < -0.39 is 22.1 Å². The molecule has 64 heavy (non-hydrogen) atoms. The number of rotatable bonds is 13. The quantitative estimate of drug-likeness (QED) is 0.105. The van der Waals surface area contributed by atoms with Crippen molar-refractivity contribution in [2.45, 2.75) is 160 Å². The van der Waals surface area contributed by atoms with Crippen molar-refractivity contribution in [2.75, 3.05) is 32.8 Å². The Morgan fingerprint density at radius 3 is 1.28 bits per heavy atom. The number of carboxylic acids is 1. The van der Waals surface area contributed by atoms with Crippen LogP contribution >= 0.6 is 0 Å². The number of carboxylic acid groups (broad SMARTS) is 1. The number of hydrogen-bond donors (Lipinski definition) is 1. The van der Waals surface area contributed by atoms with E-state index in [0.717, 1.165) is 87.5 Å². The summed E-state index contributed by atoms with van der Waals surface area (Å²) in [6.45, 7) is 22.8. The average Bonchev–Trinajstić information content (AvgIpc) is 3.27. The molecule has 2 saturated heterocycles. The van der Waals surface area contributed by atoms with Gasteiger partial charge in [0.1, 0.15) is 11.5 Å². The van der Waals surface area contributed by atoms with Crippen molar-refractivity contribution in [1.29, 1.82) is 0 Å². The average molecular weight is 907 g/mol. The normalized spacial score (nSPS) is 23.3. The van der Waals surface area contributed by atoms with Crippen LogP contribution in [0, 0.1) is 11.8 Å². The molecule has 8 rings (SSSR count). The van der Waals surface area contributed by atoms with Crippen LogP contribution in [0.4, 0.5) is 0 Å². The van der Waals surface area contributed by atoms with Crippen molar-refractivity contribution in [3.63, 3.8) is 0 Å². The molecule has 0 bridgehead atoms. The first-order valence-corrected chi connectivity index (χ1v) is 32.0. The van der Waals surface area contributed by atoms with Crippen molar-refractivity contribution < 1.29 is 28.9 Å². The highest BCUT2D eigenvalue weighted by Crippen LogP contribution is 2.40. The van der Waals surface area contributed by atoms with Crippen molar-refractivity contribution in [2.24, 2.45) is 11.8 Å². The van der Waals surface area contributed by atoms with Crippen LogP contribution in [0.25, 0.3) is 21.5 Å². The largest absolute Gasteiger partial charge is 0.490 e. The summed E-state index contributed by atoms with van der Waals surface area (Å²) in [6, 6.07) is 26.5. The van der Waals surface area contributed by atoms with Crippen LogP contribution in [0.2, 0.25) is 50.4 Å². The maximum atomic E-state index is 12.0. The molecule has 0 spiro atoms. The van der Waals surface area contributed by atoms with E-state index in [4.69, 9.17) is 14.2 Å². The summed E-state index contributed by atoms with van der Waals surface area (Å²) in [7, 11) is -2.06. The van der Waals surface area contributed by atoms with Gasteiger partial charge in [-0.3, -0.25) is 19.4 Å². The zero-order valence-corrected chi connectivity index (χ0v) is 42.2. The monoisotopic (exact) mass is 907 g/mol. The lowest BCUT2D eigenvalue weighted by molar-refractivity contribution is -0.149. The number of benzene rings is 4. The van der Waals surface area contributed by atoms with E-state index in [-0.39, 0.29) is 17.8 Å². The molecule has 1 N–H and O–H groups in total. The Labute approximate surface area is 386 Å². The van der Waals surface area contributed by atoms with Gasteiger partial charge in [0.15, 0.2) is 0 Å². The van der Waals surface area contributed by atoms with Crippen LogP contribution in [0.1, 0.15) is 95.1 Å². The molecule has 8 nitrogen and oxygen atoms in total. The molecule has 0 unspecified atom stereocenters. The fourth-order valence-electron chi connectivity index (χ4n) is 10.8. The molecule has 0 radical (unpaired) electrons. The smallest absolute Gasteiger partial charge is 0.309 e. The van der Waals surface area contributed by atoms with Gasteiger partial charge in [-0.2, -0.15) is 0 Å². The van der Waals surface area contributed by atoms with Crippen LogP contribution < -0.4 is 9.47 Å². The summed E-state index contributed by atoms with van der Waals surface area (Å²) >= 11 is 0. The SMILES string of the molecule is CCOC(=O)C1CCN(Cc2ccc3cc(OC4CCC([Si](C)(C)C)CC4)ccc3c2)CC1.C[Si](C)(C)C1CCC(Oc2ccc3cc(CN4CCC(C(=O)O)CC4)ccc3c2)CC1. The molecule has 0 aromatic heterocycles. The van der Waals surface area contributed by atoms with Crippen LogP contribution in [-0.4, -0.2) is 88.0 Å².